The van der Waals surface area contributed by atoms with Crippen molar-refractivity contribution < 1.29 is 21.6 Å². The van der Waals surface area contributed by atoms with E-state index in [0.29, 0.717) is 28.3 Å². The van der Waals surface area contributed by atoms with Gasteiger partial charge in [0.2, 0.25) is 10.0 Å². The summed E-state index contributed by atoms with van der Waals surface area (Å²) in [4.78, 5) is -0.112. The second kappa shape index (κ2) is 5.17. The van der Waals surface area contributed by atoms with Crippen molar-refractivity contribution in [2.24, 2.45) is 0 Å². The lowest BCUT2D eigenvalue weighted by Crippen LogP contribution is -2.41. The zero-order valence-corrected chi connectivity index (χ0v) is 12.6. The Hall–Kier alpha value is -1.28. The van der Waals surface area contributed by atoms with Crippen molar-refractivity contribution in [2.45, 2.75) is 43.8 Å². The molecule has 118 valence electrons. The van der Waals surface area contributed by atoms with Gasteiger partial charge in [-0.1, -0.05) is 6.07 Å². The third kappa shape index (κ3) is 3.32. The standard InChI is InChI=1S/C13H17F3N2O2S/c1-8-3-6-11(17)9(2)12(8)21(19,20)18(10-4-5-10)7-13(14,15)16/h3,6,10H,4-5,7,17H2,1-2H3. The highest BCUT2D eigenvalue weighted by molar-refractivity contribution is 7.89. The third-order valence-corrected chi connectivity index (χ3v) is 5.69. The van der Waals surface area contributed by atoms with Gasteiger partial charge in [0, 0.05) is 11.7 Å². The van der Waals surface area contributed by atoms with Crippen molar-refractivity contribution in [3.63, 3.8) is 0 Å². The highest BCUT2D eigenvalue weighted by Gasteiger charge is 2.45. The Balaban J connectivity index is 2.52. The van der Waals surface area contributed by atoms with E-state index < -0.39 is 28.8 Å². The van der Waals surface area contributed by atoms with Gasteiger partial charge in [0.1, 0.15) is 6.54 Å². The number of nitrogens with zero attached hydrogens (tertiary/aromatic N) is 1. The summed E-state index contributed by atoms with van der Waals surface area (Å²) in [7, 11) is -4.22. The smallest absolute Gasteiger partial charge is 0.398 e. The Morgan fingerprint density at radius 3 is 2.33 bits per heavy atom. The lowest BCUT2D eigenvalue weighted by atomic mass is 10.1. The van der Waals surface area contributed by atoms with Crippen LogP contribution < -0.4 is 5.73 Å². The molecule has 0 saturated heterocycles. The Morgan fingerprint density at radius 1 is 1.29 bits per heavy atom. The Labute approximate surface area is 121 Å². The second-order valence-corrected chi connectivity index (χ2v) is 7.15. The quantitative estimate of drug-likeness (QED) is 0.867. The Kier molecular flexibility index (Phi) is 3.96. The van der Waals surface area contributed by atoms with Crippen LogP contribution in [0.2, 0.25) is 0 Å². The summed E-state index contributed by atoms with van der Waals surface area (Å²) in [6.45, 7) is 1.60. The van der Waals surface area contributed by atoms with Crippen LogP contribution >= 0.6 is 0 Å². The van der Waals surface area contributed by atoms with Crippen LogP contribution in [-0.2, 0) is 10.0 Å². The summed E-state index contributed by atoms with van der Waals surface area (Å²) in [5.74, 6) is 0. The SMILES string of the molecule is Cc1ccc(N)c(C)c1S(=O)(=O)N(CC(F)(F)F)C1CC1. The molecule has 21 heavy (non-hydrogen) atoms. The molecule has 0 atom stereocenters. The zero-order chi connectivity index (χ0) is 16.0. The minimum atomic E-state index is -4.57. The highest BCUT2D eigenvalue weighted by atomic mass is 32.2. The first kappa shape index (κ1) is 16.1. The summed E-state index contributed by atoms with van der Waals surface area (Å²) in [6.07, 6.45) is -3.66. The molecule has 0 aromatic heterocycles. The predicted molar refractivity (Wildman–Crippen MR) is 73.3 cm³/mol. The Bertz CT molecular complexity index is 652. The molecule has 0 aliphatic heterocycles. The van der Waals surface area contributed by atoms with Crippen LogP contribution in [0.4, 0.5) is 18.9 Å². The Morgan fingerprint density at radius 2 is 1.86 bits per heavy atom. The fourth-order valence-electron chi connectivity index (χ4n) is 2.31. The minimum absolute atomic E-state index is 0.112. The van der Waals surface area contributed by atoms with Gasteiger partial charge in [-0.15, -0.1) is 0 Å². The van der Waals surface area contributed by atoms with E-state index in [1.54, 1.807) is 13.0 Å². The molecule has 1 aliphatic carbocycles. The van der Waals surface area contributed by atoms with Crippen LogP contribution in [0.3, 0.4) is 0 Å². The molecule has 0 spiro atoms. The molecule has 0 heterocycles. The van der Waals surface area contributed by atoms with Crippen LogP contribution in [0.15, 0.2) is 17.0 Å². The van der Waals surface area contributed by atoms with E-state index >= 15 is 0 Å². The average Bonchev–Trinajstić information content (AvgIpc) is 3.14. The maximum absolute atomic E-state index is 12.7. The molecule has 1 saturated carbocycles. The van der Waals surface area contributed by atoms with Gasteiger partial charge in [-0.3, -0.25) is 0 Å². The predicted octanol–water partition coefficient (Wildman–Crippen LogP) is 2.60. The number of hydrogen-bond acceptors (Lipinski definition) is 3. The molecule has 0 radical (unpaired) electrons. The summed E-state index contributed by atoms with van der Waals surface area (Å²) in [5, 5.41) is 0. The number of hydrogen-bond donors (Lipinski definition) is 1. The lowest BCUT2D eigenvalue weighted by Gasteiger charge is -2.25. The van der Waals surface area contributed by atoms with Gasteiger partial charge in [0.15, 0.2) is 0 Å². The van der Waals surface area contributed by atoms with E-state index in [1.165, 1.54) is 13.0 Å². The number of nitrogens with two attached hydrogens (primary N) is 1. The molecule has 1 aromatic rings. The van der Waals surface area contributed by atoms with E-state index in [0.717, 1.165) is 0 Å². The molecule has 1 fully saturated rings. The molecular formula is C13H17F3N2O2S. The summed E-state index contributed by atoms with van der Waals surface area (Å²) < 4.78 is 63.9. The van der Waals surface area contributed by atoms with E-state index in [1.807, 2.05) is 0 Å². The van der Waals surface area contributed by atoms with E-state index in [9.17, 15) is 21.6 Å². The molecular weight excluding hydrogens is 305 g/mol. The number of aryl methyl sites for hydroxylation is 1. The summed E-state index contributed by atoms with van der Waals surface area (Å²) in [5.41, 5.74) is 6.64. The maximum atomic E-state index is 12.7. The fourth-order valence-corrected chi connectivity index (χ4v) is 4.44. The number of anilines is 1. The lowest BCUT2D eigenvalue weighted by molar-refractivity contribution is -0.137. The zero-order valence-electron chi connectivity index (χ0n) is 11.7. The van der Waals surface area contributed by atoms with Crippen LogP contribution in [0.5, 0.6) is 0 Å². The fraction of sp³-hybridized carbons (Fsp3) is 0.538. The molecule has 1 aromatic carbocycles. The highest BCUT2D eigenvalue weighted by Crippen LogP contribution is 2.37. The monoisotopic (exact) mass is 322 g/mol. The summed E-state index contributed by atoms with van der Waals surface area (Å²) >= 11 is 0. The average molecular weight is 322 g/mol. The van der Waals surface area contributed by atoms with Crippen LogP contribution in [-0.4, -0.2) is 31.5 Å². The van der Waals surface area contributed by atoms with Gasteiger partial charge in [-0.05, 0) is 43.9 Å². The van der Waals surface area contributed by atoms with E-state index in [2.05, 4.69) is 0 Å². The van der Waals surface area contributed by atoms with Crippen LogP contribution in [0.1, 0.15) is 24.0 Å². The van der Waals surface area contributed by atoms with Gasteiger partial charge in [-0.2, -0.15) is 17.5 Å². The largest absolute Gasteiger partial charge is 0.402 e. The molecule has 0 bridgehead atoms. The maximum Gasteiger partial charge on any atom is 0.402 e. The second-order valence-electron chi connectivity index (χ2n) is 5.32. The van der Waals surface area contributed by atoms with E-state index in [-0.39, 0.29) is 10.6 Å². The van der Waals surface area contributed by atoms with Crippen molar-refractivity contribution >= 4 is 15.7 Å². The van der Waals surface area contributed by atoms with Gasteiger partial charge in [0.25, 0.3) is 0 Å². The van der Waals surface area contributed by atoms with Crippen molar-refractivity contribution in [3.8, 4) is 0 Å². The molecule has 4 nitrogen and oxygen atoms in total. The number of rotatable bonds is 4. The van der Waals surface area contributed by atoms with E-state index in [4.69, 9.17) is 5.73 Å². The van der Waals surface area contributed by atoms with Gasteiger partial charge >= 0.3 is 6.18 Å². The minimum Gasteiger partial charge on any atom is -0.398 e. The molecule has 1 aliphatic rings. The first-order valence-corrected chi connectivity index (χ1v) is 7.92. The first-order chi connectivity index (χ1) is 9.54. The summed E-state index contributed by atoms with van der Waals surface area (Å²) in [6, 6.07) is 2.49. The molecule has 0 amide bonds. The van der Waals surface area contributed by atoms with Crippen molar-refractivity contribution in [1.82, 2.24) is 4.31 Å². The topological polar surface area (TPSA) is 63.4 Å². The van der Waals surface area contributed by atoms with Crippen molar-refractivity contribution in [3.05, 3.63) is 23.3 Å². The van der Waals surface area contributed by atoms with Gasteiger partial charge in [0.05, 0.1) is 4.90 Å². The first-order valence-electron chi connectivity index (χ1n) is 6.48. The van der Waals surface area contributed by atoms with Gasteiger partial charge < -0.3 is 5.73 Å². The normalized spacial score (nSPS) is 16.5. The number of halogens is 3. The molecule has 2 rings (SSSR count). The number of nitrogen functional groups attached to an aromatic ring is 1. The van der Waals surface area contributed by atoms with Crippen LogP contribution in [0, 0.1) is 13.8 Å². The van der Waals surface area contributed by atoms with Crippen molar-refractivity contribution in [1.29, 1.82) is 0 Å². The molecule has 0 unspecified atom stereocenters. The number of alkyl halides is 3. The number of benzene rings is 1. The number of sulfonamides is 1. The van der Waals surface area contributed by atoms with Crippen molar-refractivity contribution in [2.75, 3.05) is 12.3 Å². The van der Waals surface area contributed by atoms with Crippen LogP contribution in [0.25, 0.3) is 0 Å². The third-order valence-electron chi connectivity index (χ3n) is 3.50. The van der Waals surface area contributed by atoms with Gasteiger partial charge in [-0.25, -0.2) is 8.42 Å². The molecule has 8 heteroatoms. The molecule has 2 N–H and O–H groups in total.